The van der Waals surface area contributed by atoms with Crippen LogP contribution >= 0.6 is 0 Å². The topological polar surface area (TPSA) is 51.8 Å². The van der Waals surface area contributed by atoms with Crippen molar-refractivity contribution in [3.05, 3.63) is 77.7 Å². The minimum absolute atomic E-state index is 0.206. The third-order valence-corrected chi connectivity index (χ3v) is 6.23. The largest absolute Gasteiger partial charge is 0.437 e. The highest BCUT2D eigenvalue weighted by molar-refractivity contribution is 6.14. The molecule has 32 heavy (non-hydrogen) atoms. The second-order valence-electron chi connectivity index (χ2n) is 8.81. The Bertz CT molecular complexity index is 1680. The summed E-state index contributed by atoms with van der Waals surface area (Å²) in [6, 6.07) is 21.1. The lowest BCUT2D eigenvalue weighted by Gasteiger charge is -2.13. The van der Waals surface area contributed by atoms with Gasteiger partial charge in [-0.3, -0.25) is 0 Å². The van der Waals surface area contributed by atoms with Gasteiger partial charge in [0.2, 0.25) is 5.71 Å². The van der Waals surface area contributed by atoms with Crippen LogP contribution in [0.3, 0.4) is 0 Å². The van der Waals surface area contributed by atoms with Gasteiger partial charge in [0.1, 0.15) is 11.4 Å². The molecule has 0 aliphatic rings. The van der Waals surface area contributed by atoms with Crippen molar-refractivity contribution in [1.82, 2.24) is 15.0 Å². The van der Waals surface area contributed by atoms with Crippen molar-refractivity contribution in [2.24, 2.45) is 0 Å². The van der Waals surface area contributed by atoms with Crippen LogP contribution in [0.1, 0.15) is 36.8 Å². The van der Waals surface area contributed by atoms with Crippen LogP contribution in [-0.2, 0) is 0 Å². The van der Waals surface area contributed by atoms with Crippen LogP contribution in [-0.4, -0.2) is 15.0 Å². The summed E-state index contributed by atoms with van der Waals surface area (Å²) >= 11 is 0. The maximum atomic E-state index is 6.30. The fraction of sp³-hybridized carbons (Fsp3) is 0.179. The van der Waals surface area contributed by atoms with Gasteiger partial charge in [-0.15, -0.1) is 0 Å². The molecule has 0 spiro atoms. The summed E-state index contributed by atoms with van der Waals surface area (Å²) in [5, 5.41) is 5.49. The van der Waals surface area contributed by atoms with Crippen molar-refractivity contribution >= 4 is 43.7 Å². The van der Waals surface area contributed by atoms with E-state index in [1.54, 1.807) is 0 Å². The summed E-state index contributed by atoms with van der Waals surface area (Å²) < 4.78 is 6.30. The van der Waals surface area contributed by atoms with Crippen molar-refractivity contribution in [3.63, 3.8) is 0 Å². The summed E-state index contributed by atoms with van der Waals surface area (Å²) in [6.07, 6.45) is 0. The van der Waals surface area contributed by atoms with E-state index in [0.29, 0.717) is 5.71 Å². The van der Waals surface area contributed by atoms with Gasteiger partial charge in [-0.2, -0.15) is 0 Å². The molecule has 3 aromatic carbocycles. The second-order valence-corrected chi connectivity index (χ2v) is 8.81. The normalized spacial score (nSPS) is 12.0. The molecule has 3 aromatic heterocycles. The van der Waals surface area contributed by atoms with Crippen LogP contribution in [0, 0.1) is 13.8 Å². The van der Waals surface area contributed by atoms with Gasteiger partial charge in [0.15, 0.2) is 0 Å². The number of para-hydroxylation sites is 1. The Balaban J connectivity index is 1.76. The zero-order valence-electron chi connectivity index (χ0n) is 18.6. The maximum Gasteiger partial charge on any atom is 0.227 e. The first kappa shape index (κ1) is 18.9. The van der Waals surface area contributed by atoms with Gasteiger partial charge in [-0.1, -0.05) is 50.2 Å². The molecule has 156 valence electrons. The average Bonchev–Trinajstić information content (AvgIpc) is 3.16. The molecular formula is C28H23N3O. The van der Waals surface area contributed by atoms with E-state index in [1.165, 1.54) is 10.9 Å². The highest BCUT2D eigenvalue weighted by atomic mass is 16.3. The highest BCUT2D eigenvalue weighted by Crippen LogP contribution is 2.39. The minimum atomic E-state index is 0.206. The fourth-order valence-electron chi connectivity index (χ4n) is 4.55. The van der Waals surface area contributed by atoms with Crippen LogP contribution in [0.25, 0.3) is 55.0 Å². The molecule has 0 aliphatic carbocycles. The Morgan fingerprint density at radius 1 is 0.688 bits per heavy atom. The number of benzene rings is 3. The van der Waals surface area contributed by atoms with E-state index in [0.717, 1.165) is 55.4 Å². The summed E-state index contributed by atoms with van der Waals surface area (Å²) in [5.41, 5.74) is 6.53. The predicted octanol–water partition coefficient (Wildman–Crippen LogP) is 7.48. The Morgan fingerprint density at radius 2 is 1.44 bits per heavy atom. The van der Waals surface area contributed by atoms with E-state index < -0.39 is 0 Å². The maximum absolute atomic E-state index is 6.30. The molecule has 0 saturated heterocycles. The molecule has 0 fully saturated rings. The van der Waals surface area contributed by atoms with E-state index in [4.69, 9.17) is 14.4 Å². The van der Waals surface area contributed by atoms with E-state index in [2.05, 4.69) is 80.4 Å². The molecule has 0 amide bonds. The molecule has 0 saturated carbocycles. The van der Waals surface area contributed by atoms with Crippen LogP contribution in [0.2, 0.25) is 0 Å². The Hall–Kier alpha value is -3.79. The number of hydrogen-bond acceptors (Lipinski definition) is 4. The summed E-state index contributed by atoms with van der Waals surface area (Å²) in [5.74, 6) is 1.04. The summed E-state index contributed by atoms with van der Waals surface area (Å²) in [4.78, 5) is 14.7. The molecule has 3 heterocycles. The second kappa shape index (κ2) is 6.86. The number of rotatable bonds is 2. The molecule has 4 heteroatoms. The summed E-state index contributed by atoms with van der Waals surface area (Å²) in [7, 11) is 0. The van der Waals surface area contributed by atoms with E-state index in [1.807, 2.05) is 13.0 Å². The number of hydrogen-bond donors (Lipinski definition) is 0. The lowest BCUT2D eigenvalue weighted by atomic mass is 9.98. The minimum Gasteiger partial charge on any atom is -0.437 e. The Kier molecular flexibility index (Phi) is 4.06. The zero-order chi connectivity index (χ0) is 22.0. The Labute approximate surface area is 185 Å². The van der Waals surface area contributed by atoms with Crippen molar-refractivity contribution in [1.29, 1.82) is 0 Å². The fourth-order valence-corrected chi connectivity index (χ4v) is 4.55. The molecule has 6 rings (SSSR count). The third kappa shape index (κ3) is 2.72. The van der Waals surface area contributed by atoms with Gasteiger partial charge < -0.3 is 4.42 Å². The Morgan fingerprint density at radius 3 is 2.28 bits per heavy atom. The van der Waals surface area contributed by atoms with Crippen molar-refractivity contribution in [3.8, 4) is 11.3 Å². The summed E-state index contributed by atoms with van der Waals surface area (Å²) in [6.45, 7) is 8.39. The van der Waals surface area contributed by atoms with Crippen LogP contribution < -0.4 is 0 Å². The highest BCUT2D eigenvalue weighted by Gasteiger charge is 2.19. The van der Waals surface area contributed by atoms with Crippen LogP contribution in [0.4, 0.5) is 0 Å². The first-order chi connectivity index (χ1) is 15.5. The van der Waals surface area contributed by atoms with Crippen molar-refractivity contribution in [2.75, 3.05) is 0 Å². The average molecular weight is 418 g/mol. The number of aromatic nitrogens is 3. The molecule has 0 bridgehead atoms. The molecule has 0 atom stereocenters. The molecule has 4 nitrogen and oxygen atoms in total. The van der Waals surface area contributed by atoms with Gasteiger partial charge in [0, 0.05) is 38.7 Å². The van der Waals surface area contributed by atoms with E-state index in [9.17, 15) is 0 Å². The predicted molar refractivity (Wildman–Crippen MR) is 131 cm³/mol. The monoisotopic (exact) mass is 417 g/mol. The van der Waals surface area contributed by atoms with Crippen LogP contribution in [0.5, 0.6) is 0 Å². The van der Waals surface area contributed by atoms with Crippen LogP contribution in [0.15, 0.2) is 65.1 Å². The molecule has 0 N–H and O–H groups in total. The molecule has 0 radical (unpaired) electrons. The number of fused-ring (bicyclic) bond motifs is 6. The quantitative estimate of drug-likeness (QED) is 0.274. The van der Waals surface area contributed by atoms with Gasteiger partial charge in [0.25, 0.3) is 0 Å². The first-order valence-electron chi connectivity index (χ1n) is 11.0. The smallest absolute Gasteiger partial charge is 0.227 e. The number of nitrogens with zero attached hydrogens (tertiary/aromatic N) is 3. The lowest BCUT2D eigenvalue weighted by Crippen LogP contribution is -2.01. The standard InChI is InChI=1S/C28H23N3O/c1-15(2)27-30-24-19-8-5-7-16(3)18(19)13-14-22(24)25(31-27)23-10-6-9-20-21-12-11-17(4)29-28(21)32-26(20)23/h5-15H,1-4H3. The van der Waals surface area contributed by atoms with E-state index in [-0.39, 0.29) is 5.92 Å². The van der Waals surface area contributed by atoms with Gasteiger partial charge in [-0.05, 0) is 49.1 Å². The molecular weight excluding hydrogens is 394 g/mol. The van der Waals surface area contributed by atoms with Gasteiger partial charge >= 0.3 is 0 Å². The molecule has 6 aromatic rings. The SMILES string of the molecule is Cc1ccc2c(n1)oc1c(-c3nc(C(C)C)nc4c3ccc3c(C)cccc34)cccc12. The first-order valence-corrected chi connectivity index (χ1v) is 11.0. The number of pyridine rings is 1. The zero-order valence-corrected chi connectivity index (χ0v) is 18.6. The van der Waals surface area contributed by atoms with Gasteiger partial charge in [-0.25, -0.2) is 15.0 Å². The van der Waals surface area contributed by atoms with E-state index >= 15 is 0 Å². The third-order valence-electron chi connectivity index (χ3n) is 6.23. The van der Waals surface area contributed by atoms with Crippen molar-refractivity contribution in [2.45, 2.75) is 33.6 Å². The molecule has 0 unspecified atom stereocenters. The number of aryl methyl sites for hydroxylation is 2. The molecule has 0 aliphatic heterocycles. The number of furan rings is 1. The van der Waals surface area contributed by atoms with Crippen molar-refractivity contribution < 1.29 is 4.42 Å². The lowest BCUT2D eigenvalue weighted by molar-refractivity contribution is 0.653. The van der Waals surface area contributed by atoms with Gasteiger partial charge in [0.05, 0.1) is 11.2 Å².